The Labute approximate surface area is 169 Å². The summed E-state index contributed by atoms with van der Waals surface area (Å²) in [5, 5.41) is 2.94. The summed E-state index contributed by atoms with van der Waals surface area (Å²) in [7, 11) is 3.34. The highest BCUT2D eigenvalue weighted by Gasteiger charge is 2.14. The van der Waals surface area contributed by atoms with Crippen molar-refractivity contribution in [3.8, 4) is 0 Å². The van der Waals surface area contributed by atoms with Crippen LogP contribution in [0, 0.1) is 0 Å². The lowest BCUT2D eigenvalue weighted by molar-refractivity contribution is 0.143. The lowest BCUT2D eigenvalue weighted by Gasteiger charge is -2.24. The zero-order valence-corrected chi connectivity index (χ0v) is 16.6. The molecule has 2 aromatic rings. The van der Waals surface area contributed by atoms with Crippen LogP contribution in [0.2, 0.25) is 0 Å². The summed E-state index contributed by atoms with van der Waals surface area (Å²) in [4.78, 5) is 13.0. The number of carbonyl (C=O) groups is 1. The number of rotatable bonds is 5. The first-order valence-corrected chi connectivity index (χ1v) is 8.80. The highest BCUT2D eigenvalue weighted by Crippen LogP contribution is 2.05. The van der Waals surface area contributed by atoms with E-state index < -0.39 is 6.09 Å². The minimum atomic E-state index is -0.729. The van der Waals surface area contributed by atoms with Crippen molar-refractivity contribution in [2.45, 2.75) is 0 Å². The van der Waals surface area contributed by atoms with Gasteiger partial charge >= 0.3 is 6.09 Å². The van der Waals surface area contributed by atoms with Gasteiger partial charge in [-0.15, -0.1) is 0 Å². The van der Waals surface area contributed by atoms with Gasteiger partial charge in [0.05, 0.1) is 0 Å². The Balaban J connectivity index is 1.83. The van der Waals surface area contributed by atoms with Gasteiger partial charge in [-0.1, -0.05) is 85.1 Å². The number of thiocarbonyl (C=S) groups is 2. The summed E-state index contributed by atoms with van der Waals surface area (Å²) >= 11 is 10.7. The Bertz CT molecular complexity index is 759. The predicted molar refractivity (Wildman–Crippen MR) is 114 cm³/mol. The summed E-state index contributed by atoms with van der Waals surface area (Å²) in [6.45, 7) is 3.67. The lowest BCUT2D eigenvalue weighted by Crippen LogP contribution is -2.45. The second kappa shape index (κ2) is 9.65. The minimum Gasteiger partial charge on any atom is -0.391 e. The Morgan fingerprint density at radius 1 is 0.852 bits per heavy atom. The van der Waals surface area contributed by atoms with E-state index in [1.54, 1.807) is 19.1 Å². The normalized spacial score (nSPS) is 9.70. The first-order valence-electron chi connectivity index (χ1n) is 7.98. The smallest absolute Gasteiger partial charge is 0.391 e. The molecule has 0 aliphatic rings. The molecule has 2 aromatic carbocycles. The van der Waals surface area contributed by atoms with Gasteiger partial charge in [0, 0.05) is 25.2 Å². The van der Waals surface area contributed by atoms with Crippen molar-refractivity contribution in [3.05, 3.63) is 84.3 Å². The van der Waals surface area contributed by atoms with Crippen molar-refractivity contribution in [2.75, 3.05) is 14.1 Å². The topological polar surface area (TPSA) is 56.8 Å². The number of hydrogen-bond acceptors (Lipinski definition) is 5. The molecule has 0 atom stereocenters. The van der Waals surface area contributed by atoms with Crippen LogP contribution in [0.15, 0.2) is 73.1 Å². The van der Waals surface area contributed by atoms with Gasteiger partial charge in [-0.3, -0.25) is 15.4 Å². The molecule has 2 rings (SSSR count). The second-order valence-electron chi connectivity index (χ2n) is 5.50. The Kier molecular flexibility index (Phi) is 7.27. The standard InChI is InChI=1S/C19H20N4O2S2/c1-14(20-22(2)17(26)15-10-6-4-7-11-15)25-19(24)21-23(3)18(27)16-12-8-5-9-13-16/h4-13,20H,1H2,2-3H3,(H,21,24). The predicted octanol–water partition coefficient (Wildman–Crippen LogP) is 3.22. The molecule has 140 valence electrons. The summed E-state index contributed by atoms with van der Waals surface area (Å²) in [6.07, 6.45) is -0.729. The molecule has 0 saturated heterocycles. The van der Waals surface area contributed by atoms with Gasteiger partial charge in [-0.05, 0) is 6.58 Å². The molecule has 0 aliphatic heterocycles. The molecule has 0 aromatic heterocycles. The molecule has 27 heavy (non-hydrogen) atoms. The van der Waals surface area contributed by atoms with Gasteiger partial charge in [-0.25, -0.2) is 10.2 Å². The van der Waals surface area contributed by atoms with Crippen LogP contribution in [0.25, 0.3) is 0 Å². The highest BCUT2D eigenvalue weighted by atomic mass is 32.1. The molecule has 8 heteroatoms. The van der Waals surface area contributed by atoms with Crippen LogP contribution in [0.4, 0.5) is 4.79 Å². The van der Waals surface area contributed by atoms with E-state index in [4.69, 9.17) is 29.2 Å². The van der Waals surface area contributed by atoms with Crippen molar-refractivity contribution < 1.29 is 9.53 Å². The zero-order chi connectivity index (χ0) is 19.8. The molecule has 0 bridgehead atoms. The fourth-order valence-electron chi connectivity index (χ4n) is 2.13. The molecule has 0 saturated carbocycles. The van der Waals surface area contributed by atoms with Crippen molar-refractivity contribution >= 4 is 40.5 Å². The molecule has 0 aliphatic carbocycles. The average molecular weight is 401 g/mol. The molecule has 0 fully saturated rings. The monoisotopic (exact) mass is 400 g/mol. The molecule has 1 amide bonds. The van der Waals surface area contributed by atoms with E-state index in [0.717, 1.165) is 11.1 Å². The van der Waals surface area contributed by atoms with Crippen molar-refractivity contribution in [1.29, 1.82) is 0 Å². The molecular formula is C19H20N4O2S2. The number of nitrogens with zero attached hydrogens (tertiary/aromatic N) is 2. The van der Waals surface area contributed by atoms with Crippen LogP contribution in [-0.2, 0) is 4.74 Å². The fourth-order valence-corrected chi connectivity index (χ4v) is 2.50. The van der Waals surface area contributed by atoms with Crippen LogP contribution in [-0.4, -0.2) is 40.2 Å². The fraction of sp³-hybridized carbons (Fsp3) is 0.105. The van der Waals surface area contributed by atoms with Gasteiger partial charge in [0.15, 0.2) is 0 Å². The van der Waals surface area contributed by atoms with Crippen LogP contribution in [0.1, 0.15) is 11.1 Å². The van der Waals surface area contributed by atoms with Gasteiger partial charge in [-0.2, -0.15) is 0 Å². The van der Waals surface area contributed by atoms with E-state index in [0.29, 0.717) is 9.98 Å². The van der Waals surface area contributed by atoms with Gasteiger partial charge in [0.1, 0.15) is 9.98 Å². The summed E-state index contributed by atoms with van der Waals surface area (Å²) < 4.78 is 5.11. The first kappa shape index (κ1) is 20.3. The number of amides is 1. The summed E-state index contributed by atoms with van der Waals surface area (Å²) in [6, 6.07) is 18.8. The molecular weight excluding hydrogens is 380 g/mol. The van der Waals surface area contributed by atoms with Crippen molar-refractivity contribution in [2.24, 2.45) is 0 Å². The molecule has 0 heterocycles. The van der Waals surface area contributed by atoms with E-state index in [2.05, 4.69) is 17.4 Å². The van der Waals surface area contributed by atoms with Crippen LogP contribution in [0.3, 0.4) is 0 Å². The SMILES string of the molecule is C=C(NN(C)C(=S)c1ccccc1)OC(=O)NN(C)C(=S)c1ccccc1. The average Bonchev–Trinajstić information content (AvgIpc) is 2.67. The van der Waals surface area contributed by atoms with Gasteiger partial charge < -0.3 is 4.74 Å². The van der Waals surface area contributed by atoms with Gasteiger partial charge in [0.25, 0.3) is 0 Å². The van der Waals surface area contributed by atoms with E-state index in [9.17, 15) is 4.79 Å². The third-order valence-corrected chi connectivity index (χ3v) is 4.44. The molecule has 6 nitrogen and oxygen atoms in total. The van der Waals surface area contributed by atoms with E-state index in [1.165, 1.54) is 5.01 Å². The Morgan fingerprint density at radius 2 is 1.26 bits per heavy atom. The largest absolute Gasteiger partial charge is 0.432 e. The molecule has 0 radical (unpaired) electrons. The number of hydrazine groups is 2. The molecule has 0 spiro atoms. The van der Waals surface area contributed by atoms with Crippen LogP contribution < -0.4 is 10.9 Å². The summed E-state index contributed by atoms with van der Waals surface area (Å²) in [5.41, 5.74) is 6.99. The first-order chi connectivity index (χ1) is 12.9. The van der Waals surface area contributed by atoms with Crippen LogP contribution >= 0.6 is 24.4 Å². The molecule has 2 N–H and O–H groups in total. The van der Waals surface area contributed by atoms with E-state index >= 15 is 0 Å². The lowest BCUT2D eigenvalue weighted by atomic mass is 10.2. The Hall–Kier alpha value is -2.97. The van der Waals surface area contributed by atoms with E-state index in [1.807, 2.05) is 60.7 Å². The van der Waals surface area contributed by atoms with Crippen LogP contribution in [0.5, 0.6) is 0 Å². The maximum absolute atomic E-state index is 12.0. The third-order valence-electron chi connectivity index (χ3n) is 3.42. The van der Waals surface area contributed by atoms with Crippen molar-refractivity contribution in [1.82, 2.24) is 20.9 Å². The number of carbonyl (C=O) groups excluding carboxylic acids is 1. The highest BCUT2D eigenvalue weighted by molar-refractivity contribution is 7.80. The van der Waals surface area contributed by atoms with E-state index in [-0.39, 0.29) is 5.88 Å². The summed E-state index contributed by atoms with van der Waals surface area (Å²) in [5.74, 6) is 0.0207. The number of hydrogen-bond donors (Lipinski definition) is 2. The molecule has 0 unspecified atom stereocenters. The number of ether oxygens (including phenoxy) is 1. The zero-order valence-electron chi connectivity index (χ0n) is 15.0. The minimum absolute atomic E-state index is 0.0207. The quantitative estimate of drug-likeness (QED) is 0.454. The second-order valence-corrected chi connectivity index (χ2v) is 6.27. The maximum Gasteiger partial charge on any atom is 0.432 e. The number of benzene rings is 2. The van der Waals surface area contributed by atoms with Gasteiger partial charge in [0.2, 0.25) is 5.88 Å². The number of nitrogens with one attached hydrogen (secondary N) is 2. The third kappa shape index (κ3) is 6.05. The maximum atomic E-state index is 12.0. The van der Waals surface area contributed by atoms with Crippen molar-refractivity contribution in [3.63, 3.8) is 0 Å². The Morgan fingerprint density at radius 3 is 1.70 bits per heavy atom.